The molecule has 9 heteroatoms. The molecule has 0 spiro atoms. The molecular weight excluding hydrogens is 377 g/mol. The van der Waals surface area contributed by atoms with Crippen LogP contribution in [0.5, 0.6) is 0 Å². The lowest BCUT2D eigenvalue weighted by molar-refractivity contribution is -0.137. The number of rotatable bonds is 7. The molecule has 1 heterocycles. The zero-order valence-electron chi connectivity index (χ0n) is 15.7. The van der Waals surface area contributed by atoms with E-state index in [2.05, 4.69) is 9.72 Å². The number of hydrogen-bond acceptors (Lipinski definition) is 5. The van der Waals surface area contributed by atoms with Crippen molar-refractivity contribution in [1.82, 2.24) is 9.88 Å². The summed E-state index contributed by atoms with van der Waals surface area (Å²) in [5.41, 5.74) is -1.03. The van der Waals surface area contributed by atoms with Gasteiger partial charge in [0.05, 0.1) is 19.2 Å². The minimum absolute atomic E-state index is 0.0483. The van der Waals surface area contributed by atoms with Crippen molar-refractivity contribution < 1.29 is 31.9 Å². The van der Waals surface area contributed by atoms with Gasteiger partial charge >= 0.3 is 12.1 Å². The first kappa shape index (κ1) is 21.5. The average molecular weight is 398 g/mol. The highest BCUT2D eigenvalue weighted by Gasteiger charge is 2.31. The van der Waals surface area contributed by atoms with Crippen LogP contribution >= 0.6 is 0 Å². The number of halogens is 3. The van der Waals surface area contributed by atoms with Crippen LogP contribution in [-0.4, -0.2) is 35.4 Å². The summed E-state index contributed by atoms with van der Waals surface area (Å²) >= 11 is 0. The van der Waals surface area contributed by atoms with Crippen molar-refractivity contribution in [2.75, 3.05) is 13.7 Å². The highest BCUT2D eigenvalue weighted by Crippen LogP contribution is 2.30. The van der Waals surface area contributed by atoms with Crippen molar-refractivity contribution >= 4 is 11.9 Å². The minimum Gasteiger partial charge on any atom is -0.464 e. The van der Waals surface area contributed by atoms with Crippen molar-refractivity contribution in [3.63, 3.8) is 0 Å². The molecule has 0 unspecified atom stereocenters. The molecule has 0 aliphatic rings. The molecule has 2 aromatic rings. The Balaban J connectivity index is 2.26. The van der Waals surface area contributed by atoms with Crippen LogP contribution in [0, 0.1) is 5.92 Å². The lowest BCUT2D eigenvalue weighted by atomic mass is 10.1. The van der Waals surface area contributed by atoms with E-state index >= 15 is 0 Å². The summed E-state index contributed by atoms with van der Waals surface area (Å²) in [7, 11) is 1.20. The molecule has 6 nitrogen and oxygen atoms in total. The maximum absolute atomic E-state index is 13.0. The highest BCUT2D eigenvalue weighted by atomic mass is 19.4. The third kappa shape index (κ3) is 5.58. The van der Waals surface area contributed by atoms with Crippen LogP contribution in [0.15, 0.2) is 34.9 Å². The van der Waals surface area contributed by atoms with Crippen LogP contribution in [0.1, 0.15) is 52.6 Å². The maximum atomic E-state index is 13.0. The van der Waals surface area contributed by atoms with Crippen molar-refractivity contribution in [3.05, 3.63) is 53.2 Å². The Hall–Kier alpha value is -2.84. The van der Waals surface area contributed by atoms with Crippen LogP contribution in [-0.2, 0) is 17.5 Å². The fraction of sp³-hybridized carbons (Fsp3) is 0.421. The van der Waals surface area contributed by atoms with E-state index in [1.54, 1.807) is 0 Å². The van der Waals surface area contributed by atoms with Gasteiger partial charge in [0.1, 0.15) is 6.26 Å². The van der Waals surface area contributed by atoms with Crippen molar-refractivity contribution in [1.29, 1.82) is 0 Å². The molecule has 0 atom stereocenters. The number of aromatic nitrogens is 1. The van der Waals surface area contributed by atoms with Gasteiger partial charge in [-0.05, 0) is 30.5 Å². The van der Waals surface area contributed by atoms with Gasteiger partial charge in [0.2, 0.25) is 5.89 Å². The normalized spacial score (nSPS) is 11.5. The Labute approximate surface area is 160 Å². The first-order valence-electron chi connectivity index (χ1n) is 8.61. The predicted molar refractivity (Wildman–Crippen MR) is 93.5 cm³/mol. The van der Waals surface area contributed by atoms with Crippen molar-refractivity contribution in [2.24, 2.45) is 5.92 Å². The molecule has 28 heavy (non-hydrogen) atoms. The van der Waals surface area contributed by atoms with Gasteiger partial charge in [0.15, 0.2) is 5.69 Å². The Morgan fingerprint density at radius 3 is 2.61 bits per heavy atom. The van der Waals surface area contributed by atoms with Crippen LogP contribution in [0.4, 0.5) is 13.2 Å². The molecule has 1 amide bonds. The number of hydrogen-bond donors (Lipinski definition) is 0. The van der Waals surface area contributed by atoms with Crippen LogP contribution in [0.2, 0.25) is 0 Å². The van der Waals surface area contributed by atoms with Gasteiger partial charge in [0.25, 0.3) is 5.91 Å². The topological polar surface area (TPSA) is 72.6 Å². The van der Waals surface area contributed by atoms with Crippen LogP contribution < -0.4 is 0 Å². The van der Waals surface area contributed by atoms with Crippen LogP contribution in [0.3, 0.4) is 0 Å². The fourth-order valence-electron chi connectivity index (χ4n) is 2.42. The molecule has 0 aliphatic carbocycles. The molecule has 152 valence electrons. The number of benzene rings is 1. The molecule has 2 rings (SSSR count). The van der Waals surface area contributed by atoms with Crippen molar-refractivity contribution in [2.45, 2.75) is 33.0 Å². The predicted octanol–water partition coefficient (Wildman–Crippen LogP) is 4.17. The van der Waals surface area contributed by atoms with Crippen molar-refractivity contribution in [3.8, 4) is 0 Å². The van der Waals surface area contributed by atoms with E-state index < -0.39 is 23.6 Å². The Kier molecular flexibility index (Phi) is 6.82. The molecule has 0 radical (unpaired) electrons. The summed E-state index contributed by atoms with van der Waals surface area (Å²) in [6.45, 7) is 4.14. The summed E-state index contributed by atoms with van der Waals surface area (Å²) in [5, 5.41) is 0. The number of oxazole rings is 1. The third-order valence-electron chi connectivity index (χ3n) is 3.97. The first-order valence-corrected chi connectivity index (χ1v) is 8.61. The molecular formula is C19H21F3N2O4. The number of carbonyl (C=O) groups excluding carboxylic acids is 2. The lowest BCUT2D eigenvalue weighted by Gasteiger charge is -2.22. The van der Waals surface area contributed by atoms with Gasteiger partial charge in [-0.2, -0.15) is 13.2 Å². The average Bonchev–Trinajstić information content (AvgIpc) is 3.11. The van der Waals surface area contributed by atoms with Gasteiger partial charge in [-0.15, -0.1) is 0 Å². The number of amides is 1. The number of alkyl halides is 3. The fourth-order valence-corrected chi connectivity index (χ4v) is 2.42. The SMILES string of the molecule is COC(=O)c1coc(CN(CCC(C)C)C(=O)c2cccc(C(F)(F)F)c2)n1. The van der Waals surface area contributed by atoms with E-state index in [0.29, 0.717) is 13.0 Å². The summed E-state index contributed by atoms with van der Waals surface area (Å²) in [4.78, 5) is 29.6. The maximum Gasteiger partial charge on any atom is 0.416 e. The molecule has 0 bridgehead atoms. The zero-order chi connectivity index (χ0) is 20.9. The second-order valence-electron chi connectivity index (χ2n) is 6.61. The molecule has 1 aromatic heterocycles. The second kappa shape index (κ2) is 8.90. The van der Waals surface area contributed by atoms with Gasteiger partial charge in [-0.25, -0.2) is 9.78 Å². The molecule has 0 saturated heterocycles. The summed E-state index contributed by atoms with van der Waals surface area (Å²) in [6, 6.07) is 4.25. The highest BCUT2D eigenvalue weighted by molar-refractivity contribution is 5.94. The zero-order valence-corrected chi connectivity index (χ0v) is 15.7. The molecule has 0 saturated carbocycles. The quantitative estimate of drug-likeness (QED) is 0.655. The van der Waals surface area contributed by atoms with Gasteiger partial charge < -0.3 is 14.1 Å². The van der Waals surface area contributed by atoms with E-state index in [1.165, 1.54) is 24.1 Å². The molecule has 1 aromatic carbocycles. The lowest BCUT2D eigenvalue weighted by Crippen LogP contribution is -2.32. The van der Waals surface area contributed by atoms with E-state index in [9.17, 15) is 22.8 Å². The Morgan fingerprint density at radius 2 is 2.00 bits per heavy atom. The van der Waals surface area contributed by atoms with Gasteiger partial charge in [-0.1, -0.05) is 19.9 Å². The largest absolute Gasteiger partial charge is 0.464 e. The minimum atomic E-state index is -4.54. The number of carbonyl (C=O) groups is 2. The van der Waals surface area contributed by atoms with E-state index in [-0.39, 0.29) is 29.6 Å². The van der Waals surface area contributed by atoms with Gasteiger partial charge in [-0.3, -0.25) is 4.79 Å². The summed E-state index contributed by atoms with van der Waals surface area (Å²) in [5.74, 6) is -0.908. The number of ether oxygens (including phenoxy) is 1. The Bertz CT molecular complexity index is 831. The third-order valence-corrected chi connectivity index (χ3v) is 3.97. The van der Waals surface area contributed by atoms with E-state index in [4.69, 9.17) is 4.42 Å². The monoisotopic (exact) mass is 398 g/mol. The first-order chi connectivity index (χ1) is 13.1. The summed E-state index contributed by atoms with van der Waals surface area (Å²) < 4.78 is 48.6. The van der Waals surface area contributed by atoms with E-state index in [0.717, 1.165) is 18.4 Å². The number of esters is 1. The molecule has 0 N–H and O–H groups in total. The molecule has 0 aliphatic heterocycles. The van der Waals surface area contributed by atoms with E-state index in [1.807, 2.05) is 13.8 Å². The molecule has 0 fully saturated rings. The number of nitrogens with zero attached hydrogens (tertiary/aromatic N) is 2. The number of methoxy groups -OCH3 is 1. The van der Waals surface area contributed by atoms with Crippen LogP contribution in [0.25, 0.3) is 0 Å². The second-order valence-corrected chi connectivity index (χ2v) is 6.61. The summed E-state index contributed by atoms with van der Waals surface area (Å²) in [6.07, 6.45) is -2.80. The van der Waals surface area contributed by atoms with Gasteiger partial charge in [0, 0.05) is 12.1 Å². The Morgan fingerprint density at radius 1 is 1.29 bits per heavy atom. The smallest absolute Gasteiger partial charge is 0.416 e. The standard InChI is InChI=1S/C19H21F3N2O4/c1-12(2)7-8-24(10-16-23-15(11-28-16)18(26)27-3)17(25)13-5-4-6-14(9-13)19(20,21)22/h4-6,9,11-12H,7-8,10H2,1-3H3.